The zero-order valence-electron chi connectivity index (χ0n) is 13.1. The summed E-state index contributed by atoms with van der Waals surface area (Å²) in [4.78, 5) is 22.2. The van der Waals surface area contributed by atoms with E-state index in [4.69, 9.17) is 16.3 Å². The molecular weight excluding hydrogens is 364 g/mol. The Labute approximate surface area is 151 Å². The molecule has 3 aromatic rings. The van der Waals surface area contributed by atoms with Crippen LogP contribution in [0.15, 0.2) is 48.8 Å². The third-order valence-electron chi connectivity index (χ3n) is 3.23. The molecule has 0 spiro atoms. The van der Waals surface area contributed by atoms with Gasteiger partial charge in [-0.05, 0) is 34.7 Å². The van der Waals surface area contributed by atoms with Crippen LogP contribution in [0.5, 0.6) is 5.75 Å². The van der Waals surface area contributed by atoms with Crippen LogP contribution in [0.2, 0.25) is 5.02 Å². The smallest absolute Gasteiger partial charge is 0.289 e. The van der Waals surface area contributed by atoms with Crippen LogP contribution in [0.4, 0.5) is 11.4 Å². The van der Waals surface area contributed by atoms with Crippen LogP contribution < -0.4 is 10.1 Å². The Morgan fingerprint density at radius 1 is 1.31 bits per heavy atom. The van der Waals surface area contributed by atoms with Crippen LogP contribution in [-0.4, -0.2) is 37.6 Å². The van der Waals surface area contributed by atoms with E-state index in [0.717, 1.165) is 0 Å². The number of halogens is 1. The summed E-state index contributed by atoms with van der Waals surface area (Å²) in [5.74, 6) is -0.0373. The maximum atomic E-state index is 12.0. The first kappa shape index (κ1) is 17.3. The minimum atomic E-state index is -0.626. The largest absolute Gasteiger partial charge is 0.484 e. The Morgan fingerprint density at radius 2 is 2.15 bits per heavy atom. The summed E-state index contributed by atoms with van der Waals surface area (Å²) in [6.07, 6.45) is 1.43. The lowest BCUT2D eigenvalue weighted by Gasteiger charge is -2.09. The van der Waals surface area contributed by atoms with Gasteiger partial charge in [-0.3, -0.25) is 14.9 Å². The topological polar surface area (TPSA) is 125 Å². The van der Waals surface area contributed by atoms with Crippen LogP contribution in [0.3, 0.4) is 0 Å². The molecule has 1 amide bonds. The van der Waals surface area contributed by atoms with Gasteiger partial charge in [-0.1, -0.05) is 17.7 Å². The number of nitro groups is 1. The van der Waals surface area contributed by atoms with E-state index in [2.05, 4.69) is 20.8 Å². The molecule has 1 N–H and O–H groups in total. The number of carbonyl (C=O) groups is 1. The zero-order chi connectivity index (χ0) is 18.5. The highest BCUT2D eigenvalue weighted by Crippen LogP contribution is 2.27. The van der Waals surface area contributed by atoms with Crippen LogP contribution >= 0.6 is 11.6 Å². The average Bonchev–Trinajstić information content (AvgIpc) is 3.16. The molecule has 0 saturated carbocycles. The van der Waals surface area contributed by atoms with Gasteiger partial charge in [-0.25, -0.2) is 4.68 Å². The summed E-state index contributed by atoms with van der Waals surface area (Å²) < 4.78 is 6.87. The van der Waals surface area contributed by atoms with Crippen molar-refractivity contribution in [3.8, 4) is 11.4 Å². The normalized spacial score (nSPS) is 10.3. The molecule has 0 aliphatic heterocycles. The van der Waals surface area contributed by atoms with E-state index in [1.54, 1.807) is 24.3 Å². The van der Waals surface area contributed by atoms with Crippen molar-refractivity contribution in [2.45, 2.75) is 0 Å². The van der Waals surface area contributed by atoms with Crippen molar-refractivity contribution in [2.24, 2.45) is 0 Å². The second kappa shape index (κ2) is 7.57. The molecule has 3 rings (SSSR count). The highest BCUT2D eigenvalue weighted by molar-refractivity contribution is 6.32. The molecule has 10 nitrogen and oxygen atoms in total. The summed E-state index contributed by atoms with van der Waals surface area (Å²) in [6.45, 7) is -0.282. The third kappa shape index (κ3) is 4.11. The predicted octanol–water partition coefficient (Wildman–Crippen LogP) is 2.24. The van der Waals surface area contributed by atoms with Gasteiger partial charge in [0.25, 0.3) is 11.6 Å². The lowest BCUT2D eigenvalue weighted by Crippen LogP contribution is -2.20. The molecule has 132 valence electrons. The Morgan fingerprint density at radius 3 is 2.88 bits per heavy atom. The number of tetrazole rings is 1. The van der Waals surface area contributed by atoms with Gasteiger partial charge < -0.3 is 10.1 Å². The lowest BCUT2D eigenvalue weighted by molar-refractivity contribution is -0.384. The lowest BCUT2D eigenvalue weighted by atomic mass is 10.3. The van der Waals surface area contributed by atoms with Crippen molar-refractivity contribution in [1.29, 1.82) is 0 Å². The van der Waals surface area contributed by atoms with E-state index in [1.807, 2.05) is 0 Å². The van der Waals surface area contributed by atoms with Crippen molar-refractivity contribution < 1.29 is 14.5 Å². The number of hydrogen-bond donors (Lipinski definition) is 1. The SMILES string of the molecule is O=C(COc1cccc(-n2cnnn2)c1)Nc1ccc(Cl)c([N+](=O)[O-])c1. The van der Waals surface area contributed by atoms with E-state index in [1.165, 1.54) is 29.2 Å². The fourth-order valence-electron chi connectivity index (χ4n) is 2.07. The molecule has 0 aliphatic carbocycles. The summed E-state index contributed by atoms with van der Waals surface area (Å²) in [5.41, 5.74) is 0.623. The first-order valence-electron chi connectivity index (χ1n) is 7.23. The Balaban J connectivity index is 1.62. The molecule has 2 aromatic carbocycles. The Bertz CT molecular complexity index is 947. The molecule has 11 heteroatoms. The number of ether oxygens (including phenoxy) is 1. The van der Waals surface area contributed by atoms with Gasteiger partial charge >= 0.3 is 0 Å². The number of nitrogens with zero attached hydrogens (tertiary/aromatic N) is 5. The summed E-state index contributed by atoms with van der Waals surface area (Å²) in [6, 6.07) is 10.8. The van der Waals surface area contributed by atoms with Gasteiger partial charge in [0.2, 0.25) is 0 Å². The van der Waals surface area contributed by atoms with Gasteiger partial charge in [-0.15, -0.1) is 5.10 Å². The number of carbonyl (C=O) groups excluding carboxylic acids is 1. The van der Waals surface area contributed by atoms with E-state index >= 15 is 0 Å². The highest BCUT2D eigenvalue weighted by atomic mass is 35.5. The number of amides is 1. The number of nitrogens with one attached hydrogen (secondary N) is 1. The number of hydrogen-bond acceptors (Lipinski definition) is 7. The van der Waals surface area contributed by atoms with Crippen molar-refractivity contribution in [1.82, 2.24) is 20.2 Å². The molecule has 1 heterocycles. The van der Waals surface area contributed by atoms with E-state index in [-0.39, 0.29) is 23.0 Å². The molecule has 26 heavy (non-hydrogen) atoms. The van der Waals surface area contributed by atoms with Crippen LogP contribution in [-0.2, 0) is 4.79 Å². The highest BCUT2D eigenvalue weighted by Gasteiger charge is 2.14. The van der Waals surface area contributed by atoms with Crippen molar-refractivity contribution in [3.05, 3.63) is 63.9 Å². The summed E-state index contributed by atoms with van der Waals surface area (Å²) in [5, 5.41) is 24.2. The number of benzene rings is 2. The quantitative estimate of drug-likeness (QED) is 0.518. The van der Waals surface area contributed by atoms with Gasteiger partial charge in [0.15, 0.2) is 6.61 Å². The molecule has 0 atom stereocenters. The fourth-order valence-corrected chi connectivity index (χ4v) is 2.26. The standard InChI is InChI=1S/C15H11ClN6O4/c16-13-5-4-10(6-14(13)22(24)25)18-15(23)8-26-12-3-1-2-11(7-12)21-9-17-19-20-21/h1-7,9H,8H2,(H,18,23). The molecule has 0 bridgehead atoms. The second-order valence-electron chi connectivity index (χ2n) is 5.01. The molecule has 0 fully saturated rings. The van der Waals surface area contributed by atoms with Crippen molar-refractivity contribution in [3.63, 3.8) is 0 Å². The Kier molecular flexibility index (Phi) is 5.04. The van der Waals surface area contributed by atoms with Crippen LogP contribution in [0.1, 0.15) is 0 Å². The molecule has 0 radical (unpaired) electrons. The van der Waals surface area contributed by atoms with E-state index in [9.17, 15) is 14.9 Å². The van der Waals surface area contributed by atoms with Crippen LogP contribution in [0, 0.1) is 10.1 Å². The number of rotatable bonds is 6. The molecular formula is C15H11ClN6O4. The molecule has 0 saturated heterocycles. The Hall–Kier alpha value is -3.53. The van der Waals surface area contributed by atoms with E-state index < -0.39 is 10.8 Å². The molecule has 0 aliphatic rings. The van der Waals surface area contributed by atoms with Crippen molar-refractivity contribution >= 4 is 28.9 Å². The average molecular weight is 375 g/mol. The predicted molar refractivity (Wildman–Crippen MR) is 91.4 cm³/mol. The first-order chi connectivity index (χ1) is 12.5. The number of nitro benzene ring substituents is 1. The maximum Gasteiger partial charge on any atom is 0.289 e. The first-order valence-corrected chi connectivity index (χ1v) is 7.61. The third-order valence-corrected chi connectivity index (χ3v) is 3.55. The van der Waals surface area contributed by atoms with Gasteiger partial charge in [-0.2, -0.15) is 0 Å². The monoisotopic (exact) mass is 374 g/mol. The molecule has 0 unspecified atom stereocenters. The number of aromatic nitrogens is 4. The van der Waals surface area contributed by atoms with Crippen LogP contribution in [0.25, 0.3) is 5.69 Å². The van der Waals surface area contributed by atoms with E-state index in [0.29, 0.717) is 11.4 Å². The fraction of sp³-hybridized carbons (Fsp3) is 0.0667. The van der Waals surface area contributed by atoms with Gasteiger partial charge in [0.1, 0.15) is 17.1 Å². The number of anilines is 1. The molecule has 1 aromatic heterocycles. The summed E-state index contributed by atoms with van der Waals surface area (Å²) in [7, 11) is 0. The summed E-state index contributed by atoms with van der Waals surface area (Å²) >= 11 is 5.73. The zero-order valence-corrected chi connectivity index (χ0v) is 13.8. The minimum Gasteiger partial charge on any atom is -0.484 e. The van der Waals surface area contributed by atoms with Crippen molar-refractivity contribution in [2.75, 3.05) is 11.9 Å². The van der Waals surface area contributed by atoms with Gasteiger partial charge in [0.05, 0.1) is 10.6 Å². The maximum absolute atomic E-state index is 12.0. The minimum absolute atomic E-state index is 0.0105. The van der Waals surface area contributed by atoms with Gasteiger partial charge in [0, 0.05) is 17.8 Å². The second-order valence-corrected chi connectivity index (χ2v) is 5.42.